The van der Waals surface area contributed by atoms with E-state index in [1.165, 1.54) is 21.4 Å². The number of imide groups is 1. The lowest BCUT2D eigenvalue weighted by Crippen LogP contribution is -2.56. The van der Waals surface area contributed by atoms with Crippen LogP contribution in [0.1, 0.15) is 37.3 Å². The number of amides is 3. The molecular weight excluding hydrogens is 448 g/mol. The van der Waals surface area contributed by atoms with Gasteiger partial charge in [-0.15, -0.1) is 5.92 Å². The minimum absolute atomic E-state index is 0.0858. The van der Waals surface area contributed by atoms with E-state index in [0.717, 1.165) is 44.4 Å². The van der Waals surface area contributed by atoms with Crippen LogP contribution in [0.25, 0.3) is 10.9 Å². The van der Waals surface area contributed by atoms with Crippen LogP contribution in [0.3, 0.4) is 0 Å². The molecule has 6 nitrogen and oxygen atoms in total. The molecule has 0 bridgehead atoms. The molecule has 2 aromatic carbocycles. The Bertz CT molecular complexity index is 1300. The van der Waals surface area contributed by atoms with E-state index in [0.29, 0.717) is 6.42 Å². The topological polar surface area (TPSA) is 65.5 Å². The number of carbonyl (C=O) groups excluding carboxylic acids is 2. The van der Waals surface area contributed by atoms with Gasteiger partial charge in [0, 0.05) is 18.1 Å². The van der Waals surface area contributed by atoms with Gasteiger partial charge in [0.2, 0.25) is 0 Å². The number of piperidine rings is 1. The lowest BCUT2D eigenvalue weighted by atomic mass is 9.74. The monoisotopic (exact) mass is 480 g/mol. The predicted molar refractivity (Wildman–Crippen MR) is 141 cm³/mol. The molecule has 3 amide bonds. The molecule has 3 heterocycles. The van der Waals surface area contributed by atoms with Crippen LogP contribution in [0, 0.1) is 17.8 Å². The molecule has 2 aliphatic rings. The number of nitrogens with zero attached hydrogens (tertiary/aromatic N) is 3. The van der Waals surface area contributed by atoms with Crippen molar-refractivity contribution in [2.24, 2.45) is 5.92 Å². The lowest BCUT2D eigenvalue weighted by molar-refractivity contribution is -0.134. The minimum Gasteiger partial charge on any atom is -0.323 e. The molecule has 1 aromatic heterocycles. The fourth-order valence-electron chi connectivity index (χ4n) is 5.71. The highest BCUT2D eigenvalue weighted by molar-refractivity contribution is 6.07. The number of carbonyl (C=O) groups is 2. The first-order chi connectivity index (χ1) is 17.6. The number of benzene rings is 2. The van der Waals surface area contributed by atoms with Crippen molar-refractivity contribution in [3.05, 3.63) is 78.0 Å². The van der Waals surface area contributed by atoms with Crippen LogP contribution in [0.15, 0.2) is 66.9 Å². The number of likely N-dealkylation sites (tertiary alicyclic amines) is 1. The molecule has 36 heavy (non-hydrogen) atoms. The first kappa shape index (κ1) is 24.0. The SMILES string of the molecule is CC#CCN1C(=O)NC(CCc2ccccc2)(C2CCN(Cc3cccc4ncccc34)CC2)C1=O. The van der Waals surface area contributed by atoms with E-state index >= 15 is 0 Å². The van der Waals surface area contributed by atoms with Gasteiger partial charge >= 0.3 is 6.03 Å². The highest BCUT2D eigenvalue weighted by atomic mass is 16.2. The third-order valence-corrected chi connectivity index (χ3v) is 7.68. The number of pyridine rings is 1. The first-order valence-electron chi connectivity index (χ1n) is 12.7. The second-order valence-electron chi connectivity index (χ2n) is 9.74. The van der Waals surface area contributed by atoms with Gasteiger partial charge in [0.05, 0.1) is 12.1 Å². The Morgan fingerprint density at radius 2 is 1.83 bits per heavy atom. The van der Waals surface area contributed by atoms with Crippen LogP contribution in [-0.2, 0) is 17.8 Å². The zero-order valence-corrected chi connectivity index (χ0v) is 20.7. The van der Waals surface area contributed by atoms with E-state index in [1.54, 1.807) is 6.92 Å². The van der Waals surface area contributed by atoms with Crippen LogP contribution < -0.4 is 5.32 Å². The highest BCUT2D eigenvalue weighted by Crippen LogP contribution is 2.37. The Morgan fingerprint density at radius 3 is 2.61 bits per heavy atom. The summed E-state index contributed by atoms with van der Waals surface area (Å²) in [5.41, 5.74) is 2.58. The van der Waals surface area contributed by atoms with Crippen molar-refractivity contribution in [1.82, 2.24) is 20.1 Å². The third-order valence-electron chi connectivity index (χ3n) is 7.68. The Morgan fingerprint density at radius 1 is 1.03 bits per heavy atom. The molecule has 2 aliphatic heterocycles. The van der Waals surface area contributed by atoms with Gasteiger partial charge in [0.1, 0.15) is 5.54 Å². The van der Waals surface area contributed by atoms with Crippen molar-refractivity contribution in [2.45, 2.75) is 44.7 Å². The molecule has 2 fully saturated rings. The molecule has 0 spiro atoms. The van der Waals surface area contributed by atoms with E-state index < -0.39 is 5.54 Å². The molecule has 1 N–H and O–H groups in total. The molecule has 5 rings (SSSR count). The van der Waals surface area contributed by atoms with Crippen LogP contribution in [0.4, 0.5) is 4.79 Å². The molecule has 184 valence electrons. The van der Waals surface area contributed by atoms with Crippen molar-refractivity contribution < 1.29 is 9.59 Å². The maximum absolute atomic E-state index is 13.7. The fourth-order valence-corrected chi connectivity index (χ4v) is 5.71. The standard InChI is InChI=1S/C30H32N4O2/c1-2-3-19-34-28(35)30(32-29(34)36,17-14-23-9-5-4-6-10-23)25-15-20-33(21-16-25)22-24-11-7-13-27-26(24)12-8-18-31-27/h4-13,18,25H,14-17,19-22H2,1H3,(H,32,36). The summed E-state index contributed by atoms with van der Waals surface area (Å²) in [4.78, 5) is 34.9. The molecule has 0 saturated carbocycles. The maximum Gasteiger partial charge on any atom is 0.325 e. The average molecular weight is 481 g/mol. The normalized spacial score (nSPS) is 20.9. The summed E-state index contributed by atoms with van der Waals surface area (Å²) < 4.78 is 0. The van der Waals surface area contributed by atoms with Crippen LogP contribution >= 0.6 is 0 Å². The van der Waals surface area contributed by atoms with Gasteiger partial charge in [0.15, 0.2) is 0 Å². The molecule has 3 aromatic rings. The summed E-state index contributed by atoms with van der Waals surface area (Å²) in [6, 6.07) is 20.3. The van der Waals surface area contributed by atoms with Crippen molar-refractivity contribution >= 4 is 22.8 Å². The fraction of sp³-hybridized carbons (Fsp3) is 0.367. The van der Waals surface area contributed by atoms with Gasteiger partial charge in [-0.3, -0.25) is 19.6 Å². The quantitative estimate of drug-likeness (QED) is 0.402. The van der Waals surface area contributed by atoms with Gasteiger partial charge in [-0.1, -0.05) is 54.5 Å². The zero-order valence-electron chi connectivity index (χ0n) is 20.7. The Hall–Kier alpha value is -3.69. The lowest BCUT2D eigenvalue weighted by Gasteiger charge is -2.41. The predicted octanol–water partition coefficient (Wildman–Crippen LogP) is 4.39. The number of aromatic nitrogens is 1. The van der Waals surface area contributed by atoms with E-state index in [1.807, 2.05) is 36.5 Å². The number of fused-ring (bicyclic) bond motifs is 1. The van der Waals surface area contributed by atoms with Crippen molar-refractivity contribution in [3.8, 4) is 11.8 Å². The number of rotatable bonds is 7. The van der Waals surface area contributed by atoms with Crippen molar-refractivity contribution in [3.63, 3.8) is 0 Å². The first-order valence-corrected chi connectivity index (χ1v) is 12.7. The van der Waals surface area contributed by atoms with Gasteiger partial charge < -0.3 is 5.32 Å². The Labute approximate surface area is 212 Å². The Kier molecular flexibility index (Phi) is 7.02. The second-order valence-corrected chi connectivity index (χ2v) is 9.74. The van der Waals surface area contributed by atoms with E-state index in [4.69, 9.17) is 0 Å². The number of hydrogen-bond acceptors (Lipinski definition) is 4. The second kappa shape index (κ2) is 10.5. The van der Waals surface area contributed by atoms with Crippen LogP contribution in [-0.4, -0.2) is 51.9 Å². The molecule has 1 unspecified atom stereocenters. The summed E-state index contributed by atoms with van der Waals surface area (Å²) in [6.07, 6.45) is 4.88. The number of nitrogens with one attached hydrogen (secondary N) is 1. The third kappa shape index (κ3) is 4.72. The van der Waals surface area contributed by atoms with E-state index in [2.05, 4.69) is 57.4 Å². The van der Waals surface area contributed by atoms with E-state index in [9.17, 15) is 9.59 Å². The average Bonchev–Trinajstić information content (AvgIpc) is 3.17. The smallest absolute Gasteiger partial charge is 0.323 e. The number of aryl methyl sites for hydroxylation is 1. The van der Waals surface area contributed by atoms with Crippen LogP contribution in [0.2, 0.25) is 0 Å². The number of hydrogen-bond donors (Lipinski definition) is 1. The molecule has 1 atom stereocenters. The zero-order chi connectivity index (χ0) is 25.0. The minimum atomic E-state index is -0.877. The molecule has 2 saturated heterocycles. The summed E-state index contributed by atoms with van der Waals surface area (Å²) >= 11 is 0. The summed E-state index contributed by atoms with van der Waals surface area (Å²) in [6.45, 7) is 4.48. The largest absolute Gasteiger partial charge is 0.325 e. The van der Waals surface area contributed by atoms with Gasteiger partial charge in [-0.25, -0.2) is 4.79 Å². The van der Waals surface area contributed by atoms with Crippen molar-refractivity contribution in [2.75, 3.05) is 19.6 Å². The Balaban J connectivity index is 1.33. The van der Waals surface area contributed by atoms with E-state index in [-0.39, 0.29) is 24.4 Å². The summed E-state index contributed by atoms with van der Waals surface area (Å²) in [5, 5.41) is 4.34. The summed E-state index contributed by atoms with van der Waals surface area (Å²) in [7, 11) is 0. The summed E-state index contributed by atoms with van der Waals surface area (Å²) in [5.74, 6) is 5.67. The molecule has 6 heteroatoms. The van der Waals surface area contributed by atoms with Gasteiger partial charge in [0.25, 0.3) is 5.91 Å². The number of urea groups is 1. The molecule has 0 radical (unpaired) electrons. The van der Waals surface area contributed by atoms with Gasteiger partial charge in [-0.05, 0) is 74.9 Å². The van der Waals surface area contributed by atoms with Crippen molar-refractivity contribution in [1.29, 1.82) is 0 Å². The highest BCUT2D eigenvalue weighted by Gasteiger charge is 2.55. The molecular formula is C30H32N4O2. The van der Waals surface area contributed by atoms with Crippen LogP contribution in [0.5, 0.6) is 0 Å². The molecule has 0 aliphatic carbocycles. The maximum atomic E-state index is 13.7. The van der Waals surface area contributed by atoms with Gasteiger partial charge in [-0.2, -0.15) is 0 Å².